The van der Waals surface area contributed by atoms with Gasteiger partial charge in [-0.3, -0.25) is 4.68 Å². The number of hydrogen-bond acceptors (Lipinski definition) is 3. The number of nitrogens with zero attached hydrogens (tertiary/aromatic N) is 3. The molecule has 6 heteroatoms. The lowest BCUT2D eigenvalue weighted by atomic mass is 9.92. The molecule has 0 aliphatic carbocycles. The second-order valence-corrected chi connectivity index (χ2v) is 8.41. The van der Waals surface area contributed by atoms with Crippen LogP contribution in [0.25, 0.3) is 0 Å². The first kappa shape index (κ1) is 20.7. The molecule has 1 fully saturated rings. The van der Waals surface area contributed by atoms with Crippen LogP contribution in [0.15, 0.2) is 6.07 Å². The third-order valence-corrected chi connectivity index (χ3v) is 5.08. The summed E-state index contributed by atoms with van der Waals surface area (Å²) >= 11 is 0. The molecule has 0 bridgehead atoms. The van der Waals surface area contributed by atoms with E-state index in [1.807, 2.05) is 11.6 Å². The number of aromatic nitrogens is 2. The van der Waals surface area contributed by atoms with Gasteiger partial charge >= 0.3 is 6.03 Å². The summed E-state index contributed by atoms with van der Waals surface area (Å²) in [5.41, 5.74) is 2.21. The van der Waals surface area contributed by atoms with Gasteiger partial charge in [0.2, 0.25) is 0 Å². The molecule has 1 saturated heterocycles. The fourth-order valence-electron chi connectivity index (χ4n) is 4.03. The Morgan fingerprint density at radius 2 is 1.96 bits per heavy atom. The van der Waals surface area contributed by atoms with Gasteiger partial charge < -0.3 is 15.5 Å². The fourth-order valence-corrected chi connectivity index (χ4v) is 4.03. The Morgan fingerprint density at radius 3 is 2.58 bits per heavy atom. The molecule has 0 aromatic carbocycles. The van der Waals surface area contributed by atoms with Gasteiger partial charge in [0.15, 0.2) is 0 Å². The predicted molar refractivity (Wildman–Crippen MR) is 106 cm³/mol. The van der Waals surface area contributed by atoms with Gasteiger partial charge in [0, 0.05) is 38.4 Å². The number of urea groups is 1. The van der Waals surface area contributed by atoms with Crippen molar-refractivity contribution in [2.75, 3.05) is 32.7 Å². The maximum Gasteiger partial charge on any atom is 0.314 e. The molecule has 1 aliphatic heterocycles. The average molecular weight is 364 g/mol. The molecule has 1 aromatic heterocycles. The van der Waals surface area contributed by atoms with Crippen molar-refractivity contribution in [3.63, 3.8) is 0 Å². The van der Waals surface area contributed by atoms with Crippen LogP contribution in [0.4, 0.5) is 4.79 Å². The minimum atomic E-state index is -0.0643. The lowest BCUT2D eigenvalue weighted by molar-refractivity contribution is 0.139. The Labute approximate surface area is 158 Å². The van der Waals surface area contributed by atoms with E-state index in [1.54, 1.807) is 0 Å². The predicted octanol–water partition coefficient (Wildman–Crippen LogP) is 2.80. The van der Waals surface area contributed by atoms with Crippen molar-refractivity contribution in [2.45, 2.75) is 54.0 Å². The fraction of sp³-hybridized carbons (Fsp3) is 0.800. The number of nitrogens with one attached hydrogen (secondary N) is 2. The molecule has 26 heavy (non-hydrogen) atoms. The molecule has 1 aromatic rings. The van der Waals surface area contributed by atoms with Crippen LogP contribution in [0.1, 0.15) is 45.0 Å². The summed E-state index contributed by atoms with van der Waals surface area (Å²) in [6.07, 6.45) is 2.35. The van der Waals surface area contributed by atoms with Gasteiger partial charge in [-0.1, -0.05) is 20.8 Å². The summed E-state index contributed by atoms with van der Waals surface area (Å²) in [5, 5.41) is 10.4. The lowest BCUT2D eigenvalue weighted by Gasteiger charge is -2.34. The number of hydrogen-bond donors (Lipinski definition) is 2. The number of carbonyl (C=O) groups excluding carboxylic acids is 1. The van der Waals surface area contributed by atoms with Crippen LogP contribution in [-0.2, 0) is 6.54 Å². The second-order valence-electron chi connectivity index (χ2n) is 8.41. The highest BCUT2D eigenvalue weighted by Gasteiger charge is 2.21. The Morgan fingerprint density at radius 1 is 1.27 bits per heavy atom. The van der Waals surface area contributed by atoms with Crippen LogP contribution in [0.5, 0.6) is 0 Å². The molecule has 0 radical (unpaired) electrons. The molecule has 148 valence electrons. The van der Waals surface area contributed by atoms with Gasteiger partial charge in [-0.2, -0.15) is 5.10 Å². The quantitative estimate of drug-likeness (QED) is 0.698. The van der Waals surface area contributed by atoms with Crippen LogP contribution >= 0.6 is 0 Å². The molecule has 2 amide bonds. The maximum atomic E-state index is 12.0. The Kier molecular flexibility index (Phi) is 7.94. The maximum absolute atomic E-state index is 12.0. The highest BCUT2D eigenvalue weighted by Crippen LogP contribution is 2.20. The minimum absolute atomic E-state index is 0.0643. The Balaban J connectivity index is 1.56. The summed E-state index contributed by atoms with van der Waals surface area (Å²) < 4.78 is 2.01. The van der Waals surface area contributed by atoms with Crippen LogP contribution in [0, 0.1) is 31.6 Å². The summed E-state index contributed by atoms with van der Waals surface area (Å²) in [6, 6.07) is 2.02. The van der Waals surface area contributed by atoms with Crippen LogP contribution in [-0.4, -0.2) is 53.4 Å². The zero-order valence-electron chi connectivity index (χ0n) is 17.2. The largest absolute Gasteiger partial charge is 0.338 e. The first-order chi connectivity index (χ1) is 12.3. The van der Waals surface area contributed by atoms with Crippen molar-refractivity contribution in [1.29, 1.82) is 0 Å². The van der Waals surface area contributed by atoms with Crippen molar-refractivity contribution < 1.29 is 4.79 Å². The van der Waals surface area contributed by atoms with Gasteiger partial charge in [-0.15, -0.1) is 0 Å². The van der Waals surface area contributed by atoms with E-state index in [0.717, 1.165) is 43.6 Å². The number of rotatable bonds is 8. The van der Waals surface area contributed by atoms with Crippen molar-refractivity contribution in [2.24, 2.45) is 17.8 Å². The van der Waals surface area contributed by atoms with Gasteiger partial charge in [0.1, 0.15) is 0 Å². The highest BCUT2D eigenvalue weighted by molar-refractivity contribution is 5.73. The first-order valence-corrected chi connectivity index (χ1v) is 10.1. The third kappa shape index (κ3) is 6.98. The number of carbonyl (C=O) groups is 1. The van der Waals surface area contributed by atoms with E-state index >= 15 is 0 Å². The summed E-state index contributed by atoms with van der Waals surface area (Å²) in [5.74, 6) is 1.92. The first-order valence-electron chi connectivity index (χ1n) is 10.1. The van der Waals surface area contributed by atoms with Crippen LogP contribution < -0.4 is 10.6 Å². The topological polar surface area (TPSA) is 62.2 Å². The molecule has 0 saturated carbocycles. The molecule has 0 unspecified atom stereocenters. The Bertz CT molecular complexity index is 561. The van der Waals surface area contributed by atoms with Crippen molar-refractivity contribution in [3.05, 3.63) is 17.5 Å². The SMILES string of the molecule is Cc1cc(C)n(C[C@H](C)CNC(=O)NCCCN2C[C@@H](C)C[C@H](C)C2)n1. The molecule has 2 rings (SSSR count). The summed E-state index contributed by atoms with van der Waals surface area (Å²) in [6.45, 7) is 16.6. The normalized spacial score (nSPS) is 22.2. The standard InChI is InChI=1S/C20H37N5O/c1-15-9-16(2)13-24(12-15)8-6-7-21-20(26)22-11-17(3)14-25-19(5)10-18(4)23-25/h10,15-17H,6-9,11-14H2,1-5H3,(H2,21,22,26)/t15-,16-,17+/m0/s1. The lowest BCUT2D eigenvalue weighted by Crippen LogP contribution is -2.42. The monoisotopic (exact) mass is 363 g/mol. The van der Waals surface area contributed by atoms with Gasteiger partial charge in [0.25, 0.3) is 0 Å². The van der Waals surface area contributed by atoms with Crippen molar-refractivity contribution >= 4 is 6.03 Å². The van der Waals surface area contributed by atoms with Crippen molar-refractivity contribution in [1.82, 2.24) is 25.3 Å². The number of amides is 2. The number of aryl methyl sites for hydroxylation is 2. The molecular formula is C20H37N5O. The molecule has 2 heterocycles. The smallest absolute Gasteiger partial charge is 0.314 e. The summed E-state index contributed by atoms with van der Waals surface area (Å²) in [7, 11) is 0. The van der Waals surface area contributed by atoms with E-state index in [0.29, 0.717) is 12.5 Å². The average Bonchev–Trinajstić information content (AvgIpc) is 2.86. The minimum Gasteiger partial charge on any atom is -0.338 e. The van der Waals surface area contributed by atoms with E-state index in [1.165, 1.54) is 25.2 Å². The van der Waals surface area contributed by atoms with Crippen LogP contribution in [0.3, 0.4) is 0 Å². The van der Waals surface area contributed by atoms with Gasteiger partial charge in [0.05, 0.1) is 5.69 Å². The number of piperidine rings is 1. The summed E-state index contributed by atoms with van der Waals surface area (Å²) in [4.78, 5) is 14.5. The van der Waals surface area contributed by atoms with E-state index < -0.39 is 0 Å². The molecule has 1 aliphatic rings. The molecule has 6 nitrogen and oxygen atoms in total. The van der Waals surface area contributed by atoms with E-state index in [2.05, 4.69) is 54.4 Å². The van der Waals surface area contributed by atoms with E-state index in [4.69, 9.17) is 0 Å². The zero-order chi connectivity index (χ0) is 19.1. The second kappa shape index (κ2) is 9.95. The Hall–Kier alpha value is -1.56. The van der Waals surface area contributed by atoms with Crippen molar-refractivity contribution in [3.8, 4) is 0 Å². The van der Waals surface area contributed by atoms with Gasteiger partial charge in [-0.05, 0) is 57.1 Å². The zero-order valence-corrected chi connectivity index (χ0v) is 17.2. The van der Waals surface area contributed by atoms with Gasteiger partial charge in [-0.25, -0.2) is 4.79 Å². The molecular weight excluding hydrogens is 326 g/mol. The molecule has 3 atom stereocenters. The molecule has 2 N–H and O–H groups in total. The van der Waals surface area contributed by atoms with E-state index in [9.17, 15) is 4.79 Å². The van der Waals surface area contributed by atoms with E-state index in [-0.39, 0.29) is 6.03 Å². The van der Waals surface area contributed by atoms with Crippen LogP contribution in [0.2, 0.25) is 0 Å². The highest BCUT2D eigenvalue weighted by atomic mass is 16.2. The molecule has 0 spiro atoms. The number of likely N-dealkylation sites (tertiary alicyclic amines) is 1. The third-order valence-electron chi connectivity index (χ3n) is 5.08.